The van der Waals surface area contributed by atoms with Gasteiger partial charge in [-0.25, -0.2) is 0 Å². The van der Waals surface area contributed by atoms with Crippen LogP contribution in [0.3, 0.4) is 0 Å². The largest absolute Gasteiger partial charge is 0.388 e. The summed E-state index contributed by atoms with van der Waals surface area (Å²) in [5.41, 5.74) is -0.503. The summed E-state index contributed by atoms with van der Waals surface area (Å²) < 4.78 is 5.97. The number of ketones is 1. The molecule has 1 N–H and O–H groups in total. The standard InChI is InChI=1S/C20H36O3/c1-6-20(22,7-2)14-23-13-18(3,4)17-11-10-15-16(21)9-8-12-19(15,17)5/h15,17,22H,6-14H2,1-5H3. The average molecular weight is 325 g/mol. The first-order valence-electron chi connectivity index (χ1n) is 9.51. The first-order valence-corrected chi connectivity index (χ1v) is 9.51. The van der Waals surface area contributed by atoms with Gasteiger partial charge in [0.25, 0.3) is 0 Å². The summed E-state index contributed by atoms with van der Waals surface area (Å²) in [5, 5.41) is 10.4. The zero-order valence-corrected chi connectivity index (χ0v) is 15.8. The van der Waals surface area contributed by atoms with Gasteiger partial charge in [0.15, 0.2) is 0 Å². The Morgan fingerprint density at radius 2 is 1.87 bits per heavy atom. The van der Waals surface area contributed by atoms with Crippen LogP contribution in [0.5, 0.6) is 0 Å². The minimum absolute atomic E-state index is 0.0452. The molecule has 0 saturated heterocycles. The summed E-state index contributed by atoms with van der Waals surface area (Å²) in [5.74, 6) is 1.29. The van der Waals surface area contributed by atoms with Crippen LogP contribution >= 0.6 is 0 Å². The maximum Gasteiger partial charge on any atom is 0.136 e. The molecule has 3 unspecified atom stereocenters. The lowest BCUT2D eigenvalue weighted by Gasteiger charge is -2.46. The fourth-order valence-corrected chi connectivity index (χ4v) is 5.27. The zero-order chi connectivity index (χ0) is 17.3. The van der Waals surface area contributed by atoms with Crippen LogP contribution in [-0.2, 0) is 9.53 Å². The van der Waals surface area contributed by atoms with Crippen LogP contribution in [0.2, 0.25) is 0 Å². The summed E-state index contributed by atoms with van der Waals surface area (Å²) in [6, 6.07) is 0. The highest BCUT2D eigenvalue weighted by Gasteiger charge is 2.55. The van der Waals surface area contributed by atoms with Crippen LogP contribution < -0.4 is 0 Å². The maximum absolute atomic E-state index is 12.3. The molecule has 2 fully saturated rings. The summed E-state index contributed by atoms with van der Waals surface area (Å²) in [7, 11) is 0. The molecule has 0 radical (unpaired) electrons. The van der Waals surface area contributed by atoms with Crippen LogP contribution in [0.1, 0.15) is 79.6 Å². The van der Waals surface area contributed by atoms with E-state index in [1.165, 1.54) is 6.42 Å². The van der Waals surface area contributed by atoms with Crippen molar-refractivity contribution in [2.75, 3.05) is 13.2 Å². The SMILES string of the molecule is CCC(O)(CC)COCC(C)(C)C1CCC2C(=O)CCCC21C. The van der Waals surface area contributed by atoms with Gasteiger partial charge in [-0.1, -0.05) is 34.6 Å². The lowest BCUT2D eigenvalue weighted by Crippen LogP contribution is -2.44. The highest BCUT2D eigenvalue weighted by Crippen LogP contribution is 2.59. The van der Waals surface area contributed by atoms with E-state index >= 15 is 0 Å². The number of aliphatic hydroxyl groups is 1. The molecule has 2 aliphatic carbocycles. The van der Waals surface area contributed by atoms with E-state index < -0.39 is 5.60 Å². The van der Waals surface area contributed by atoms with Crippen molar-refractivity contribution in [3.8, 4) is 0 Å². The van der Waals surface area contributed by atoms with Crippen LogP contribution in [0.15, 0.2) is 0 Å². The van der Waals surface area contributed by atoms with Crippen molar-refractivity contribution < 1.29 is 14.6 Å². The monoisotopic (exact) mass is 324 g/mol. The summed E-state index contributed by atoms with van der Waals surface area (Å²) in [6.07, 6.45) is 6.63. The van der Waals surface area contributed by atoms with Crippen LogP contribution in [0.25, 0.3) is 0 Å². The highest BCUT2D eigenvalue weighted by molar-refractivity contribution is 5.83. The number of carbonyl (C=O) groups excluding carboxylic acids is 1. The van der Waals surface area contributed by atoms with E-state index in [2.05, 4.69) is 20.8 Å². The average Bonchev–Trinajstić information content (AvgIpc) is 2.86. The molecule has 2 saturated carbocycles. The third-order valence-electron chi connectivity index (χ3n) is 6.97. The van der Waals surface area contributed by atoms with Gasteiger partial charge >= 0.3 is 0 Å². The molecular formula is C20H36O3. The van der Waals surface area contributed by atoms with Crippen molar-refractivity contribution in [1.82, 2.24) is 0 Å². The molecule has 0 amide bonds. The van der Waals surface area contributed by atoms with Gasteiger partial charge < -0.3 is 9.84 Å². The van der Waals surface area contributed by atoms with Gasteiger partial charge in [-0.05, 0) is 55.3 Å². The van der Waals surface area contributed by atoms with Crippen LogP contribution in [0.4, 0.5) is 0 Å². The van der Waals surface area contributed by atoms with Gasteiger partial charge in [0.05, 0.1) is 18.8 Å². The predicted molar refractivity (Wildman–Crippen MR) is 93.3 cm³/mol. The van der Waals surface area contributed by atoms with E-state index in [1.807, 2.05) is 13.8 Å². The Kier molecular flexibility index (Phi) is 5.62. The number of Topliss-reactive ketones (excluding diaryl/α,β-unsaturated/α-hetero) is 1. The molecule has 23 heavy (non-hydrogen) atoms. The molecule has 0 heterocycles. The molecule has 0 aromatic heterocycles. The second-order valence-corrected chi connectivity index (χ2v) is 8.92. The Bertz CT molecular complexity index is 425. The Balaban J connectivity index is 2.01. The van der Waals surface area contributed by atoms with Gasteiger partial charge in [0.1, 0.15) is 5.78 Å². The number of carbonyl (C=O) groups is 1. The third kappa shape index (κ3) is 3.66. The Morgan fingerprint density at radius 3 is 2.48 bits per heavy atom. The number of rotatable bonds is 7. The van der Waals surface area contributed by atoms with E-state index in [4.69, 9.17) is 4.74 Å². The number of hydrogen-bond acceptors (Lipinski definition) is 3. The Hall–Kier alpha value is -0.410. The maximum atomic E-state index is 12.3. The normalized spacial score (nSPS) is 32.2. The van der Waals surface area contributed by atoms with E-state index in [9.17, 15) is 9.90 Å². The molecule has 0 aliphatic heterocycles. The summed E-state index contributed by atoms with van der Waals surface area (Å²) in [4.78, 5) is 12.3. The van der Waals surface area contributed by atoms with Crippen molar-refractivity contribution in [3.05, 3.63) is 0 Å². The Labute approximate surface area is 142 Å². The number of ether oxygens (including phenoxy) is 1. The third-order valence-corrected chi connectivity index (χ3v) is 6.97. The molecule has 2 rings (SSSR count). The lowest BCUT2D eigenvalue weighted by molar-refractivity contribution is -0.132. The fraction of sp³-hybridized carbons (Fsp3) is 0.950. The van der Waals surface area contributed by atoms with E-state index in [0.29, 0.717) is 24.9 Å². The first kappa shape index (κ1) is 18.9. The molecule has 0 bridgehead atoms. The van der Waals surface area contributed by atoms with Crippen molar-refractivity contribution in [3.63, 3.8) is 0 Å². The van der Waals surface area contributed by atoms with Crippen LogP contribution in [-0.4, -0.2) is 29.7 Å². The molecule has 3 nitrogen and oxygen atoms in total. The topological polar surface area (TPSA) is 46.5 Å². The van der Waals surface area contributed by atoms with E-state index in [1.54, 1.807) is 0 Å². The smallest absolute Gasteiger partial charge is 0.136 e. The number of hydrogen-bond donors (Lipinski definition) is 1. The van der Waals surface area contributed by atoms with E-state index in [-0.39, 0.29) is 16.7 Å². The first-order chi connectivity index (χ1) is 10.7. The van der Waals surface area contributed by atoms with Crippen molar-refractivity contribution in [2.45, 2.75) is 85.2 Å². The van der Waals surface area contributed by atoms with Gasteiger partial charge in [0.2, 0.25) is 0 Å². The molecule has 0 spiro atoms. The van der Waals surface area contributed by atoms with Gasteiger partial charge in [-0.3, -0.25) is 4.79 Å². The quantitative estimate of drug-likeness (QED) is 0.756. The van der Waals surface area contributed by atoms with Gasteiger partial charge in [0, 0.05) is 12.3 Å². The lowest BCUT2D eigenvalue weighted by atomic mass is 9.58. The van der Waals surface area contributed by atoms with Crippen LogP contribution in [0, 0.1) is 22.7 Å². The minimum Gasteiger partial charge on any atom is -0.388 e. The molecule has 134 valence electrons. The van der Waals surface area contributed by atoms with Crippen molar-refractivity contribution in [1.29, 1.82) is 0 Å². The summed E-state index contributed by atoms with van der Waals surface area (Å²) in [6.45, 7) is 12.0. The van der Waals surface area contributed by atoms with Crippen molar-refractivity contribution in [2.24, 2.45) is 22.7 Å². The molecule has 0 aromatic rings. The second-order valence-electron chi connectivity index (χ2n) is 8.92. The minimum atomic E-state index is -0.695. The predicted octanol–water partition coefficient (Wildman–Crippen LogP) is 4.37. The molecule has 3 atom stereocenters. The molecule has 2 aliphatic rings. The van der Waals surface area contributed by atoms with Gasteiger partial charge in [-0.2, -0.15) is 0 Å². The zero-order valence-electron chi connectivity index (χ0n) is 15.8. The Morgan fingerprint density at radius 1 is 1.22 bits per heavy atom. The molecular weight excluding hydrogens is 288 g/mol. The molecule has 0 aromatic carbocycles. The van der Waals surface area contributed by atoms with E-state index in [0.717, 1.165) is 38.5 Å². The summed E-state index contributed by atoms with van der Waals surface area (Å²) >= 11 is 0. The second kappa shape index (κ2) is 6.84. The fourth-order valence-electron chi connectivity index (χ4n) is 5.27. The highest BCUT2D eigenvalue weighted by atomic mass is 16.5. The van der Waals surface area contributed by atoms with Crippen molar-refractivity contribution >= 4 is 5.78 Å². The molecule has 3 heteroatoms. The number of fused-ring (bicyclic) bond motifs is 1. The van der Waals surface area contributed by atoms with Gasteiger partial charge in [-0.15, -0.1) is 0 Å².